The second-order valence-corrected chi connectivity index (χ2v) is 7.40. The monoisotopic (exact) mass is 459 g/mol. The third-order valence-corrected chi connectivity index (χ3v) is 5.08. The highest BCUT2D eigenvalue weighted by molar-refractivity contribution is 9.10. The molecule has 0 atom stereocenters. The predicted octanol–water partition coefficient (Wildman–Crippen LogP) is 3.62. The van der Waals surface area contributed by atoms with Gasteiger partial charge in [0.05, 0.1) is 17.9 Å². The Bertz CT molecular complexity index is 910. The van der Waals surface area contributed by atoms with E-state index in [1.807, 2.05) is 6.07 Å². The molecule has 1 aliphatic rings. The Morgan fingerprint density at radius 3 is 2.38 bits per heavy atom. The Kier molecular flexibility index (Phi) is 6.87. The largest absolute Gasteiger partial charge is 0.450 e. The summed E-state index contributed by atoms with van der Waals surface area (Å²) in [6, 6.07) is 14.0. The minimum absolute atomic E-state index is 0.182. The van der Waals surface area contributed by atoms with Gasteiger partial charge in [0.25, 0.3) is 11.8 Å². The van der Waals surface area contributed by atoms with Crippen molar-refractivity contribution in [2.75, 3.05) is 38.1 Å². The van der Waals surface area contributed by atoms with Crippen LogP contribution in [0.3, 0.4) is 0 Å². The van der Waals surface area contributed by atoms with Crippen LogP contribution < -0.4 is 5.32 Å². The van der Waals surface area contributed by atoms with Gasteiger partial charge in [-0.15, -0.1) is 0 Å². The molecule has 0 saturated carbocycles. The zero-order valence-electron chi connectivity index (χ0n) is 16.1. The zero-order chi connectivity index (χ0) is 20.8. The van der Waals surface area contributed by atoms with E-state index in [-0.39, 0.29) is 17.9 Å². The number of rotatable bonds is 4. The highest BCUT2D eigenvalue weighted by Crippen LogP contribution is 2.20. The normalized spacial score (nSPS) is 13.7. The molecule has 1 aliphatic heterocycles. The average molecular weight is 460 g/mol. The molecular weight excluding hydrogens is 438 g/mol. The van der Waals surface area contributed by atoms with E-state index in [0.717, 1.165) is 4.47 Å². The summed E-state index contributed by atoms with van der Waals surface area (Å²) < 4.78 is 5.81. The van der Waals surface area contributed by atoms with Gasteiger partial charge < -0.3 is 19.9 Å². The summed E-state index contributed by atoms with van der Waals surface area (Å²) in [5.74, 6) is -0.475. The van der Waals surface area contributed by atoms with Crippen LogP contribution in [0.1, 0.15) is 27.6 Å². The summed E-state index contributed by atoms with van der Waals surface area (Å²) in [5, 5.41) is 2.83. The number of benzene rings is 2. The first-order chi connectivity index (χ1) is 14.0. The summed E-state index contributed by atoms with van der Waals surface area (Å²) in [6.07, 6.45) is -0.360. The van der Waals surface area contributed by atoms with E-state index in [0.29, 0.717) is 49.6 Å². The lowest BCUT2D eigenvalue weighted by Gasteiger charge is -2.34. The predicted molar refractivity (Wildman–Crippen MR) is 113 cm³/mol. The number of amides is 3. The van der Waals surface area contributed by atoms with Gasteiger partial charge in [0.2, 0.25) is 0 Å². The van der Waals surface area contributed by atoms with Crippen molar-refractivity contribution in [3.8, 4) is 0 Å². The lowest BCUT2D eigenvalue weighted by atomic mass is 10.1. The van der Waals surface area contributed by atoms with Crippen molar-refractivity contribution in [3.63, 3.8) is 0 Å². The van der Waals surface area contributed by atoms with Crippen molar-refractivity contribution < 1.29 is 19.1 Å². The van der Waals surface area contributed by atoms with Crippen LogP contribution in [0.4, 0.5) is 10.5 Å². The molecule has 7 nitrogen and oxygen atoms in total. The van der Waals surface area contributed by atoms with Crippen LogP contribution in [0.25, 0.3) is 0 Å². The molecule has 2 aromatic rings. The topological polar surface area (TPSA) is 79.0 Å². The summed E-state index contributed by atoms with van der Waals surface area (Å²) in [7, 11) is 0. The van der Waals surface area contributed by atoms with Crippen molar-refractivity contribution in [2.45, 2.75) is 6.92 Å². The van der Waals surface area contributed by atoms with Gasteiger partial charge in [0.1, 0.15) is 0 Å². The van der Waals surface area contributed by atoms with Gasteiger partial charge >= 0.3 is 6.09 Å². The molecule has 0 aromatic heterocycles. The van der Waals surface area contributed by atoms with Crippen LogP contribution >= 0.6 is 15.9 Å². The summed E-state index contributed by atoms with van der Waals surface area (Å²) in [6.45, 7) is 3.73. The molecule has 2 aromatic carbocycles. The Balaban J connectivity index is 1.69. The molecule has 1 fully saturated rings. The van der Waals surface area contributed by atoms with Crippen LogP contribution in [-0.2, 0) is 4.74 Å². The fourth-order valence-electron chi connectivity index (χ4n) is 3.08. The Morgan fingerprint density at radius 1 is 1.00 bits per heavy atom. The average Bonchev–Trinajstić information content (AvgIpc) is 2.74. The maximum Gasteiger partial charge on any atom is 0.409 e. The molecule has 8 heteroatoms. The molecule has 3 rings (SSSR count). The summed E-state index contributed by atoms with van der Waals surface area (Å²) in [4.78, 5) is 40.7. The van der Waals surface area contributed by atoms with Crippen LogP contribution in [0, 0.1) is 0 Å². The molecule has 1 N–H and O–H groups in total. The van der Waals surface area contributed by atoms with Crippen LogP contribution in [0.2, 0.25) is 0 Å². The SMILES string of the molecule is CCOC(=O)N1CCN(C(=O)c2ccccc2NC(=O)c2cccc(Br)c2)CC1. The Labute approximate surface area is 177 Å². The van der Waals surface area contributed by atoms with Crippen molar-refractivity contribution in [3.05, 3.63) is 64.1 Å². The summed E-state index contributed by atoms with van der Waals surface area (Å²) >= 11 is 3.35. The minimum atomic E-state index is -0.360. The van der Waals surface area contributed by atoms with E-state index >= 15 is 0 Å². The molecule has 29 heavy (non-hydrogen) atoms. The number of piperazine rings is 1. The standard InChI is InChI=1S/C21H22BrN3O4/c1-2-29-21(28)25-12-10-24(11-13-25)20(27)17-8-3-4-9-18(17)23-19(26)15-6-5-7-16(22)14-15/h3-9,14H,2,10-13H2,1H3,(H,23,26). The smallest absolute Gasteiger partial charge is 0.409 e. The number of carbonyl (C=O) groups excluding carboxylic acids is 3. The van der Waals surface area contributed by atoms with Crippen LogP contribution in [0.5, 0.6) is 0 Å². The third kappa shape index (κ3) is 5.14. The van der Waals surface area contributed by atoms with Gasteiger partial charge in [-0.25, -0.2) is 4.79 Å². The van der Waals surface area contributed by atoms with Crippen molar-refractivity contribution >= 4 is 39.5 Å². The van der Waals surface area contributed by atoms with E-state index < -0.39 is 0 Å². The van der Waals surface area contributed by atoms with Crippen molar-refractivity contribution in [1.82, 2.24) is 9.80 Å². The number of nitrogens with one attached hydrogen (secondary N) is 1. The van der Waals surface area contributed by atoms with E-state index in [9.17, 15) is 14.4 Å². The molecule has 0 bridgehead atoms. The van der Waals surface area contributed by atoms with Gasteiger partial charge in [-0.1, -0.05) is 34.1 Å². The van der Waals surface area contributed by atoms with E-state index in [1.165, 1.54) is 0 Å². The fraction of sp³-hybridized carbons (Fsp3) is 0.286. The lowest BCUT2D eigenvalue weighted by molar-refractivity contribution is 0.0571. The number of ether oxygens (including phenoxy) is 1. The number of para-hydroxylation sites is 1. The maximum atomic E-state index is 13.0. The van der Waals surface area contributed by atoms with Gasteiger partial charge in [-0.3, -0.25) is 9.59 Å². The molecule has 1 saturated heterocycles. The zero-order valence-corrected chi connectivity index (χ0v) is 17.6. The first-order valence-electron chi connectivity index (χ1n) is 9.36. The first kappa shape index (κ1) is 20.9. The van der Waals surface area contributed by atoms with Gasteiger partial charge in [-0.05, 0) is 37.3 Å². The number of hydrogen-bond acceptors (Lipinski definition) is 4. The molecule has 1 heterocycles. The van der Waals surface area contributed by atoms with Crippen LogP contribution in [-0.4, -0.2) is 60.5 Å². The summed E-state index contributed by atoms with van der Waals surface area (Å²) in [5.41, 5.74) is 1.36. The van der Waals surface area contributed by atoms with E-state index in [4.69, 9.17) is 4.74 Å². The number of carbonyl (C=O) groups is 3. The molecule has 0 unspecified atom stereocenters. The third-order valence-electron chi connectivity index (χ3n) is 4.59. The quantitative estimate of drug-likeness (QED) is 0.756. The highest BCUT2D eigenvalue weighted by Gasteiger charge is 2.27. The minimum Gasteiger partial charge on any atom is -0.450 e. The maximum absolute atomic E-state index is 13.0. The van der Waals surface area contributed by atoms with Crippen molar-refractivity contribution in [1.29, 1.82) is 0 Å². The van der Waals surface area contributed by atoms with E-state index in [1.54, 1.807) is 59.2 Å². The first-order valence-corrected chi connectivity index (χ1v) is 10.2. The fourth-order valence-corrected chi connectivity index (χ4v) is 3.48. The molecule has 152 valence electrons. The van der Waals surface area contributed by atoms with E-state index in [2.05, 4.69) is 21.2 Å². The second-order valence-electron chi connectivity index (χ2n) is 6.49. The molecule has 0 spiro atoms. The van der Waals surface area contributed by atoms with Crippen molar-refractivity contribution in [2.24, 2.45) is 0 Å². The Hall–Kier alpha value is -2.87. The number of hydrogen-bond donors (Lipinski definition) is 1. The molecule has 0 radical (unpaired) electrons. The van der Waals surface area contributed by atoms with Crippen LogP contribution in [0.15, 0.2) is 53.0 Å². The van der Waals surface area contributed by atoms with Gasteiger partial charge in [-0.2, -0.15) is 0 Å². The lowest BCUT2D eigenvalue weighted by Crippen LogP contribution is -2.50. The Morgan fingerprint density at radius 2 is 1.69 bits per heavy atom. The molecule has 3 amide bonds. The van der Waals surface area contributed by atoms with Gasteiger partial charge in [0.15, 0.2) is 0 Å². The number of nitrogens with zero attached hydrogens (tertiary/aromatic N) is 2. The van der Waals surface area contributed by atoms with Gasteiger partial charge in [0, 0.05) is 36.2 Å². The molecular formula is C21H22BrN3O4. The second kappa shape index (κ2) is 9.56. The number of halogens is 1. The number of anilines is 1. The highest BCUT2D eigenvalue weighted by atomic mass is 79.9. The molecule has 0 aliphatic carbocycles.